The van der Waals surface area contributed by atoms with Crippen LogP contribution in [0.3, 0.4) is 0 Å². The van der Waals surface area contributed by atoms with E-state index in [1.54, 1.807) is 0 Å². The second-order valence-electron chi connectivity index (χ2n) is 3.44. The smallest absolute Gasteiger partial charge is 0.213 e. The van der Waals surface area contributed by atoms with Gasteiger partial charge in [0.2, 0.25) is 5.88 Å². The third kappa shape index (κ3) is 4.13. The average molecular weight is 206 g/mol. The minimum atomic E-state index is 0.520. The molecular weight excluding hydrogens is 188 g/mol. The highest BCUT2D eigenvalue weighted by molar-refractivity contribution is 5.24. The number of unbranched alkanes of at least 4 members (excludes halogenated alkanes) is 1. The molecule has 0 saturated heterocycles. The van der Waals surface area contributed by atoms with Gasteiger partial charge in [-0.25, -0.2) is 4.98 Å². The molecule has 0 bridgehead atoms. The number of ether oxygens (including phenoxy) is 1. The third-order valence-corrected chi connectivity index (χ3v) is 2.03. The Balaban J connectivity index is 2.52. The summed E-state index contributed by atoms with van der Waals surface area (Å²) in [7, 11) is 0. The second kappa shape index (κ2) is 6.19. The largest absolute Gasteiger partial charge is 0.478 e. The van der Waals surface area contributed by atoms with Crippen molar-refractivity contribution in [2.24, 2.45) is 5.73 Å². The van der Waals surface area contributed by atoms with Gasteiger partial charge in [-0.1, -0.05) is 6.08 Å². The topological polar surface area (TPSA) is 48.1 Å². The van der Waals surface area contributed by atoms with Crippen molar-refractivity contribution < 1.29 is 4.74 Å². The Labute approximate surface area is 91.0 Å². The highest BCUT2D eigenvalue weighted by Crippen LogP contribution is 2.12. The van der Waals surface area contributed by atoms with E-state index in [-0.39, 0.29) is 0 Å². The molecule has 3 heteroatoms. The lowest BCUT2D eigenvalue weighted by atomic mass is 10.2. The number of pyridine rings is 1. The van der Waals surface area contributed by atoms with Gasteiger partial charge in [0.15, 0.2) is 0 Å². The predicted octanol–water partition coefficient (Wildman–Crippen LogP) is 2.19. The van der Waals surface area contributed by atoms with E-state index >= 15 is 0 Å². The van der Waals surface area contributed by atoms with Gasteiger partial charge < -0.3 is 10.5 Å². The van der Waals surface area contributed by atoms with Crippen molar-refractivity contribution in [3.63, 3.8) is 0 Å². The lowest BCUT2D eigenvalue weighted by molar-refractivity contribution is 0.299. The number of allylic oxidation sites excluding steroid dienone is 1. The van der Waals surface area contributed by atoms with Crippen LogP contribution in [-0.2, 0) is 6.54 Å². The normalized spacial score (nSPS) is 10.0. The summed E-state index contributed by atoms with van der Waals surface area (Å²) in [6, 6.07) is 3.86. The van der Waals surface area contributed by atoms with E-state index in [0.717, 1.165) is 24.1 Å². The first-order chi connectivity index (χ1) is 7.26. The van der Waals surface area contributed by atoms with Gasteiger partial charge in [0.05, 0.1) is 6.61 Å². The van der Waals surface area contributed by atoms with Gasteiger partial charge in [-0.15, -0.1) is 6.58 Å². The van der Waals surface area contributed by atoms with Crippen LogP contribution in [0.15, 0.2) is 24.8 Å². The highest BCUT2D eigenvalue weighted by atomic mass is 16.5. The van der Waals surface area contributed by atoms with E-state index in [4.69, 9.17) is 10.5 Å². The monoisotopic (exact) mass is 206 g/mol. The standard InChI is InChI=1S/C12H18N2O/c1-3-4-5-6-15-12-8-11(9-13)7-10(2)14-12/h3,7-8H,1,4-6,9,13H2,2H3. The minimum absolute atomic E-state index is 0.520. The molecule has 0 aliphatic heterocycles. The summed E-state index contributed by atoms with van der Waals surface area (Å²) in [6.07, 6.45) is 3.82. The van der Waals surface area contributed by atoms with Crippen LogP contribution in [0.2, 0.25) is 0 Å². The number of hydrogen-bond acceptors (Lipinski definition) is 3. The number of rotatable bonds is 6. The van der Waals surface area contributed by atoms with Gasteiger partial charge in [-0.3, -0.25) is 0 Å². The molecular formula is C12H18N2O. The lowest BCUT2D eigenvalue weighted by Crippen LogP contribution is -2.03. The van der Waals surface area contributed by atoms with E-state index in [1.807, 2.05) is 25.1 Å². The lowest BCUT2D eigenvalue weighted by Gasteiger charge is -2.07. The van der Waals surface area contributed by atoms with Crippen LogP contribution in [0.4, 0.5) is 0 Å². The minimum Gasteiger partial charge on any atom is -0.478 e. The van der Waals surface area contributed by atoms with Gasteiger partial charge in [-0.2, -0.15) is 0 Å². The molecule has 82 valence electrons. The molecule has 0 aliphatic carbocycles. The Kier molecular flexibility index (Phi) is 4.84. The molecule has 0 amide bonds. The maximum atomic E-state index is 5.57. The molecule has 1 rings (SSSR count). The fourth-order valence-corrected chi connectivity index (χ4v) is 1.30. The molecule has 1 aromatic heterocycles. The van der Waals surface area contributed by atoms with Crippen molar-refractivity contribution in [3.05, 3.63) is 36.0 Å². The first kappa shape index (κ1) is 11.7. The van der Waals surface area contributed by atoms with Gasteiger partial charge in [0.1, 0.15) is 0 Å². The van der Waals surface area contributed by atoms with Crippen molar-refractivity contribution in [2.45, 2.75) is 26.3 Å². The predicted molar refractivity (Wildman–Crippen MR) is 61.8 cm³/mol. The Morgan fingerprint density at radius 2 is 2.33 bits per heavy atom. The first-order valence-corrected chi connectivity index (χ1v) is 5.17. The van der Waals surface area contributed by atoms with Crippen molar-refractivity contribution in [3.8, 4) is 5.88 Å². The van der Waals surface area contributed by atoms with Crippen LogP contribution < -0.4 is 10.5 Å². The molecule has 3 nitrogen and oxygen atoms in total. The third-order valence-electron chi connectivity index (χ3n) is 2.03. The summed E-state index contributed by atoms with van der Waals surface area (Å²) >= 11 is 0. The van der Waals surface area contributed by atoms with Crippen LogP contribution in [0, 0.1) is 6.92 Å². The van der Waals surface area contributed by atoms with E-state index in [0.29, 0.717) is 19.0 Å². The second-order valence-corrected chi connectivity index (χ2v) is 3.44. The van der Waals surface area contributed by atoms with E-state index in [9.17, 15) is 0 Å². The fraction of sp³-hybridized carbons (Fsp3) is 0.417. The molecule has 15 heavy (non-hydrogen) atoms. The number of aromatic nitrogens is 1. The maximum Gasteiger partial charge on any atom is 0.213 e. The zero-order valence-electron chi connectivity index (χ0n) is 9.20. The van der Waals surface area contributed by atoms with Crippen LogP contribution in [0.5, 0.6) is 5.88 Å². The van der Waals surface area contributed by atoms with Crippen molar-refractivity contribution in [1.29, 1.82) is 0 Å². The zero-order valence-corrected chi connectivity index (χ0v) is 9.20. The SMILES string of the molecule is C=CCCCOc1cc(CN)cc(C)n1. The van der Waals surface area contributed by atoms with E-state index in [2.05, 4.69) is 11.6 Å². The summed E-state index contributed by atoms with van der Waals surface area (Å²) in [4.78, 5) is 4.28. The maximum absolute atomic E-state index is 5.57. The number of nitrogens with zero attached hydrogens (tertiary/aromatic N) is 1. The summed E-state index contributed by atoms with van der Waals surface area (Å²) in [5, 5.41) is 0. The molecule has 0 atom stereocenters. The Morgan fingerprint density at radius 1 is 1.53 bits per heavy atom. The van der Waals surface area contributed by atoms with Gasteiger partial charge in [0.25, 0.3) is 0 Å². The summed E-state index contributed by atoms with van der Waals surface area (Å²) in [5.41, 5.74) is 7.57. The Bertz CT molecular complexity index is 323. The Morgan fingerprint density at radius 3 is 3.00 bits per heavy atom. The molecule has 1 heterocycles. The number of aryl methyl sites for hydroxylation is 1. The molecule has 0 unspecified atom stereocenters. The summed E-state index contributed by atoms with van der Waals surface area (Å²) in [5.74, 6) is 0.666. The highest BCUT2D eigenvalue weighted by Gasteiger charge is 1.99. The molecule has 0 radical (unpaired) electrons. The summed E-state index contributed by atoms with van der Waals surface area (Å²) in [6.45, 7) is 6.79. The number of hydrogen-bond donors (Lipinski definition) is 1. The van der Waals surface area contributed by atoms with Crippen LogP contribution in [0.25, 0.3) is 0 Å². The average Bonchev–Trinajstić information content (AvgIpc) is 2.23. The van der Waals surface area contributed by atoms with Crippen molar-refractivity contribution in [2.75, 3.05) is 6.61 Å². The van der Waals surface area contributed by atoms with Crippen LogP contribution in [0.1, 0.15) is 24.1 Å². The molecule has 0 fully saturated rings. The van der Waals surface area contributed by atoms with Gasteiger partial charge in [0, 0.05) is 18.3 Å². The molecule has 0 aliphatic rings. The van der Waals surface area contributed by atoms with E-state index < -0.39 is 0 Å². The van der Waals surface area contributed by atoms with E-state index in [1.165, 1.54) is 0 Å². The van der Waals surface area contributed by atoms with Gasteiger partial charge in [-0.05, 0) is 31.4 Å². The van der Waals surface area contributed by atoms with Gasteiger partial charge >= 0.3 is 0 Å². The molecule has 0 saturated carbocycles. The fourth-order valence-electron chi connectivity index (χ4n) is 1.30. The summed E-state index contributed by atoms with van der Waals surface area (Å²) < 4.78 is 5.52. The zero-order chi connectivity index (χ0) is 11.1. The Hall–Kier alpha value is -1.35. The molecule has 0 spiro atoms. The number of nitrogens with two attached hydrogens (primary N) is 1. The van der Waals surface area contributed by atoms with Crippen molar-refractivity contribution in [1.82, 2.24) is 4.98 Å². The molecule has 0 aromatic carbocycles. The van der Waals surface area contributed by atoms with Crippen molar-refractivity contribution >= 4 is 0 Å². The first-order valence-electron chi connectivity index (χ1n) is 5.17. The molecule has 1 aromatic rings. The quantitative estimate of drug-likeness (QED) is 0.573. The van der Waals surface area contributed by atoms with Crippen LogP contribution >= 0.6 is 0 Å². The van der Waals surface area contributed by atoms with Crippen LogP contribution in [-0.4, -0.2) is 11.6 Å². The molecule has 2 N–H and O–H groups in total.